The first-order valence-electron chi connectivity index (χ1n) is 1.63. The smallest absolute Gasteiger partial charge is 0.220 e. The van der Waals surface area contributed by atoms with Crippen LogP contribution in [0, 0.1) is 0 Å². The summed E-state index contributed by atoms with van der Waals surface area (Å²) in [6.45, 7) is 0. The summed E-state index contributed by atoms with van der Waals surface area (Å²) in [7, 11) is -1.16. The fourth-order valence-electron chi connectivity index (χ4n) is 0.271. The first-order valence-corrected chi connectivity index (χ1v) is 2.91. The van der Waals surface area contributed by atoms with E-state index in [0.29, 0.717) is 0 Å². The molecule has 1 unspecified atom stereocenters. The van der Waals surface area contributed by atoms with Crippen molar-refractivity contribution in [3.05, 3.63) is 11.3 Å². The molecule has 1 N–H and O–H groups in total. The molecule has 0 fully saturated rings. The molecule has 0 aromatic heterocycles. The number of rotatable bonds is 0. The van der Waals surface area contributed by atoms with Gasteiger partial charge in [-0.3, -0.25) is 0 Å². The lowest BCUT2D eigenvalue weighted by Gasteiger charge is -1.72. The van der Waals surface area contributed by atoms with Crippen molar-refractivity contribution in [2.45, 2.75) is 0 Å². The number of hydrogen-bond acceptors (Lipinski definition) is 3. The number of hydrogen-bond donors (Lipinski definition) is 1. The molecule has 0 aliphatic carbocycles. The maximum atomic E-state index is 10.2. The van der Waals surface area contributed by atoms with Gasteiger partial charge in [-0.25, -0.2) is 9.20 Å². The Hall–Kier alpha value is -0.640. The van der Waals surface area contributed by atoms with Gasteiger partial charge in [-0.2, -0.15) is 0 Å². The Morgan fingerprint density at radius 2 is 2.57 bits per heavy atom. The molecular formula is C3H3NO2S. The van der Waals surface area contributed by atoms with Crippen molar-refractivity contribution in [1.29, 1.82) is 0 Å². The number of aliphatic hydroxyl groups excluding tert-OH is 1. The predicted octanol–water partition coefficient (Wildman–Crippen LogP) is 0.134. The zero-order valence-corrected chi connectivity index (χ0v) is 4.18. The van der Waals surface area contributed by atoms with E-state index in [1.54, 1.807) is 0 Å². The third-order valence-corrected chi connectivity index (χ3v) is 1.27. The minimum atomic E-state index is -1.16. The lowest BCUT2D eigenvalue weighted by atomic mass is 10.9. The highest BCUT2D eigenvalue weighted by molar-refractivity contribution is 8.01. The van der Waals surface area contributed by atoms with E-state index in [9.17, 15) is 4.21 Å². The van der Waals surface area contributed by atoms with Gasteiger partial charge in [0.15, 0.2) is 0 Å². The Kier molecular flexibility index (Phi) is 0.941. The van der Waals surface area contributed by atoms with Crippen molar-refractivity contribution < 1.29 is 9.32 Å². The first kappa shape index (κ1) is 4.52. The molecular weight excluding hydrogens is 114 g/mol. The molecule has 4 heteroatoms. The standard InChI is InChI=1S/C3H3NO2S/c5-3-1-7(6)2-4-3/h1-2,5H. The van der Waals surface area contributed by atoms with Crippen LogP contribution >= 0.6 is 0 Å². The van der Waals surface area contributed by atoms with Crippen molar-refractivity contribution in [3.8, 4) is 0 Å². The Morgan fingerprint density at radius 3 is 2.71 bits per heavy atom. The third-order valence-electron chi connectivity index (χ3n) is 0.510. The molecule has 7 heavy (non-hydrogen) atoms. The largest absolute Gasteiger partial charge is 0.493 e. The highest BCUT2D eigenvalue weighted by atomic mass is 32.2. The highest BCUT2D eigenvalue weighted by Gasteiger charge is 1.99. The van der Waals surface area contributed by atoms with Gasteiger partial charge in [-0.05, 0) is 0 Å². The average Bonchev–Trinajstić information content (AvgIpc) is 1.87. The number of nitrogens with zero attached hydrogens (tertiary/aromatic N) is 1. The van der Waals surface area contributed by atoms with Crippen molar-refractivity contribution in [2.24, 2.45) is 4.99 Å². The van der Waals surface area contributed by atoms with Gasteiger partial charge in [0.05, 0.1) is 21.8 Å². The van der Waals surface area contributed by atoms with Gasteiger partial charge < -0.3 is 5.11 Å². The second-order valence-electron chi connectivity index (χ2n) is 1.04. The molecule has 1 heterocycles. The molecule has 0 bridgehead atoms. The summed E-state index contributed by atoms with van der Waals surface area (Å²) in [5.74, 6) is -0.154. The SMILES string of the molecule is O=S1C=NC(O)=C1. The minimum absolute atomic E-state index is 0.154. The lowest BCUT2D eigenvalue weighted by molar-refractivity contribution is 0.410. The van der Waals surface area contributed by atoms with Crippen molar-refractivity contribution in [3.63, 3.8) is 0 Å². The quantitative estimate of drug-likeness (QED) is 0.490. The van der Waals surface area contributed by atoms with Crippen molar-refractivity contribution >= 4 is 16.3 Å². The Labute approximate surface area is 42.8 Å². The lowest BCUT2D eigenvalue weighted by Crippen LogP contribution is -1.74. The second-order valence-corrected chi connectivity index (χ2v) is 2.14. The van der Waals surface area contributed by atoms with Crippen LogP contribution in [0.25, 0.3) is 0 Å². The van der Waals surface area contributed by atoms with Gasteiger partial charge >= 0.3 is 0 Å². The van der Waals surface area contributed by atoms with Crippen LogP contribution < -0.4 is 0 Å². The van der Waals surface area contributed by atoms with E-state index in [1.807, 2.05) is 0 Å². The molecule has 3 nitrogen and oxygen atoms in total. The molecule has 38 valence electrons. The van der Waals surface area contributed by atoms with Crippen LogP contribution in [0.3, 0.4) is 0 Å². The molecule has 1 rings (SSSR count). The third kappa shape index (κ3) is 0.866. The van der Waals surface area contributed by atoms with Crippen LogP contribution in [0.4, 0.5) is 0 Å². The van der Waals surface area contributed by atoms with Gasteiger partial charge in [0.2, 0.25) is 5.88 Å². The van der Waals surface area contributed by atoms with Crippen molar-refractivity contribution in [1.82, 2.24) is 0 Å². The van der Waals surface area contributed by atoms with Crippen LogP contribution in [0.5, 0.6) is 0 Å². The van der Waals surface area contributed by atoms with E-state index < -0.39 is 10.8 Å². The molecule has 1 aliphatic rings. The fraction of sp³-hybridized carbons (Fsp3) is 0. The van der Waals surface area contributed by atoms with E-state index in [-0.39, 0.29) is 5.88 Å². The maximum absolute atomic E-state index is 10.2. The van der Waals surface area contributed by atoms with Crippen LogP contribution in [-0.4, -0.2) is 14.9 Å². The summed E-state index contributed by atoms with van der Waals surface area (Å²) in [5, 5.41) is 9.54. The van der Waals surface area contributed by atoms with Gasteiger partial charge in [-0.15, -0.1) is 0 Å². The van der Waals surface area contributed by atoms with Gasteiger partial charge in [-0.1, -0.05) is 0 Å². The molecule has 0 spiro atoms. The molecule has 0 aromatic rings. The number of aliphatic imine (C=N–C) groups is 1. The monoisotopic (exact) mass is 117 g/mol. The van der Waals surface area contributed by atoms with Crippen molar-refractivity contribution in [2.75, 3.05) is 0 Å². The molecule has 0 radical (unpaired) electrons. The first-order chi connectivity index (χ1) is 3.29. The Bertz CT molecular complexity index is 160. The Balaban J connectivity index is 2.88. The second kappa shape index (κ2) is 1.46. The normalized spacial score (nSPS) is 28.0. The van der Waals surface area contributed by atoms with Crippen LogP contribution in [0.15, 0.2) is 16.3 Å². The predicted molar refractivity (Wildman–Crippen MR) is 27.3 cm³/mol. The summed E-state index contributed by atoms with van der Waals surface area (Å²) in [4.78, 5) is 3.31. The summed E-state index contributed by atoms with van der Waals surface area (Å²) < 4.78 is 10.2. The zero-order chi connectivity index (χ0) is 5.28. The van der Waals surface area contributed by atoms with E-state index >= 15 is 0 Å². The fourth-order valence-corrected chi connectivity index (χ4v) is 0.812. The molecule has 0 amide bonds. The van der Waals surface area contributed by atoms with Gasteiger partial charge in [0.1, 0.15) is 0 Å². The average molecular weight is 117 g/mol. The molecule has 0 aromatic carbocycles. The highest BCUT2D eigenvalue weighted by Crippen LogP contribution is 1.98. The summed E-state index contributed by atoms with van der Waals surface area (Å²) >= 11 is 0. The summed E-state index contributed by atoms with van der Waals surface area (Å²) in [5.41, 5.74) is 1.18. The van der Waals surface area contributed by atoms with E-state index in [0.717, 1.165) is 0 Å². The van der Waals surface area contributed by atoms with Crippen LogP contribution in [-0.2, 0) is 10.8 Å². The van der Waals surface area contributed by atoms with Gasteiger partial charge in [0, 0.05) is 0 Å². The van der Waals surface area contributed by atoms with Crippen LogP contribution in [0.1, 0.15) is 0 Å². The molecule has 1 aliphatic heterocycles. The topological polar surface area (TPSA) is 49.7 Å². The summed E-state index contributed by atoms with van der Waals surface area (Å²) in [6.07, 6.45) is 0. The molecule has 0 saturated heterocycles. The number of aliphatic hydroxyl groups is 1. The maximum Gasteiger partial charge on any atom is 0.220 e. The van der Waals surface area contributed by atoms with Crippen LogP contribution in [0.2, 0.25) is 0 Å². The zero-order valence-electron chi connectivity index (χ0n) is 3.37. The summed E-state index contributed by atoms with van der Waals surface area (Å²) in [6, 6.07) is 0. The van der Waals surface area contributed by atoms with E-state index in [4.69, 9.17) is 5.11 Å². The van der Waals surface area contributed by atoms with E-state index in [1.165, 1.54) is 11.0 Å². The molecule has 1 atom stereocenters. The van der Waals surface area contributed by atoms with E-state index in [2.05, 4.69) is 4.99 Å². The minimum Gasteiger partial charge on any atom is -0.493 e. The molecule has 0 saturated carbocycles. The van der Waals surface area contributed by atoms with Gasteiger partial charge in [0.25, 0.3) is 0 Å². The Morgan fingerprint density at radius 1 is 1.86 bits per heavy atom.